The van der Waals surface area contributed by atoms with Gasteiger partial charge in [0.1, 0.15) is 24.1 Å². The summed E-state index contributed by atoms with van der Waals surface area (Å²) >= 11 is 0. The van der Waals surface area contributed by atoms with Crippen LogP contribution in [0.2, 0.25) is 0 Å². The number of esters is 4. The molecule has 0 aliphatic heterocycles. The number of aryl methyl sites for hydroxylation is 1. The van der Waals surface area contributed by atoms with E-state index in [1.165, 1.54) is 34.8 Å². The summed E-state index contributed by atoms with van der Waals surface area (Å²) in [7, 11) is 4.70. The van der Waals surface area contributed by atoms with Gasteiger partial charge in [0.05, 0.1) is 31.3 Å². The Bertz CT molecular complexity index is 1520. The highest BCUT2D eigenvalue weighted by molar-refractivity contribution is 5.68. The standard InChI is InChI=1S/C40H58O12/c1-23-20-33(50-26(4)42)38(8)31(40(23,45)19-16-29-14-12-13-15-30(29)48-11)17-18-37(7)32(21-46-9)39(22-47-10,24(2)49-25(3)41)36(52-28(6)44)34(35(37)38)51-27(5)43/h12-15,20,24,31-36,45H,16-19,21-22H2,1-11H3/t24?,31-,32+,33-,34+,35+,36+,37+,38-,39-,40+/m1/s1. The first-order chi connectivity index (χ1) is 24.4. The Morgan fingerprint density at radius 1 is 0.904 bits per heavy atom. The highest BCUT2D eigenvalue weighted by Gasteiger charge is 2.76. The van der Waals surface area contributed by atoms with Gasteiger partial charge in [-0.2, -0.15) is 0 Å². The van der Waals surface area contributed by atoms with E-state index in [4.69, 9.17) is 33.2 Å². The summed E-state index contributed by atoms with van der Waals surface area (Å²) in [5.74, 6) is -3.33. The molecule has 0 aromatic heterocycles. The van der Waals surface area contributed by atoms with E-state index in [0.29, 0.717) is 37.0 Å². The minimum atomic E-state index is -1.38. The maximum Gasteiger partial charge on any atom is 0.303 e. The molecule has 2 fully saturated rings. The Morgan fingerprint density at radius 2 is 1.54 bits per heavy atom. The third-order valence-electron chi connectivity index (χ3n) is 12.7. The first-order valence-electron chi connectivity index (χ1n) is 18.1. The summed E-state index contributed by atoms with van der Waals surface area (Å²) in [4.78, 5) is 51.7. The molecule has 0 saturated heterocycles. The topological polar surface area (TPSA) is 153 Å². The Kier molecular flexibility index (Phi) is 12.6. The van der Waals surface area contributed by atoms with Gasteiger partial charge in [-0.15, -0.1) is 0 Å². The van der Waals surface area contributed by atoms with Crippen molar-refractivity contribution >= 4 is 23.9 Å². The van der Waals surface area contributed by atoms with Gasteiger partial charge in [-0.05, 0) is 68.2 Å². The molecule has 1 aromatic carbocycles. The van der Waals surface area contributed by atoms with Crippen LogP contribution in [0.1, 0.15) is 80.2 Å². The summed E-state index contributed by atoms with van der Waals surface area (Å²) in [6.45, 7) is 13.0. The molecule has 3 aliphatic carbocycles. The van der Waals surface area contributed by atoms with Gasteiger partial charge in [-0.3, -0.25) is 19.2 Å². The van der Waals surface area contributed by atoms with Crippen molar-refractivity contribution in [2.75, 3.05) is 34.5 Å². The molecule has 0 spiro atoms. The van der Waals surface area contributed by atoms with Crippen LogP contribution in [-0.4, -0.2) is 93.5 Å². The van der Waals surface area contributed by atoms with Crippen LogP contribution < -0.4 is 4.74 Å². The molecule has 3 aliphatic rings. The largest absolute Gasteiger partial charge is 0.496 e. The highest BCUT2D eigenvalue weighted by atomic mass is 16.6. The van der Waals surface area contributed by atoms with Crippen LogP contribution in [-0.2, 0) is 54.0 Å². The first-order valence-corrected chi connectivity index (χ1v) is 18.1. The van der Waals surface area contributed by atoms with Gasteiger partial charge in [-0.1, -0.05) is 32.0 Å². The van der Waals surface area contributed by atoms with Gasteiger partial charge in [-0.25, -0.2) is 0 Å². The molecule has 11 atom stereocenters. The number of carbonyl (C=O) groups is 4. The van der Waals surface area contributed by atoms with Crippen molar-refractivity contribution in [1.29, 1.82) is 0 Å². The number of methoxy groups -OCH3 is 3. The summed E-state index contributed by atoms with van der Waals surface area (Å²) in [6, 6.07) is 7.68. The van der Waals surface area contributed by atoms with E-state index in [1.54, 1.807) is 21.1 Å². The van der Waals surface area contributed by atoms with Gasteiger partial charge in [0.15, 0.2) is 6.10 Å². The van der Waals surface area contributed by atoms with Crippen molar-refractivity contribution in [3.05, 3.63) is 41.5 Å². The van der Waals surface area contributed by atoms with E-state index in [9.17, 15) is 24.3 Å². The van der Waals surface area contributed by atoms with Crippen LogP contribution in [0.5, 0.6) is 5.75 Å². The third kappa shape index (κ3) is 7.10. The zero-order valence-corrected chi connectivity index (χ0v) is 32.6. The second kappa shape index (κ2) is 15.9. The molecule has 12 nitrogen and oxygen atoms in total. The van der Waals surface area contributed by atoms with Crippen LogP contribution in [0.15, 0.2) is 35.9 Å². The molecule has 0 amide bonds. The molecule has 1 unspecified atom stereocenters. The summed E-state index contributed by atoms with van der Waals surface area (Å²) in [6.07, 6.45) is -0.468. The van der Waals surface area contributed by atoms with Crippen molar-refractivity contribution in [1.82, 2.24) is 0 Å². The van der Waals surface area contributed by atoms with E-state index in [1.807, 2.05) is 44.2 Å². The van der Waals surface area contributed by atoms with Gasteiger partial charge in [0, 0.05) is 65.1 Å². The molecule has 1 aromatic rings. The number of benzene rings is 1. The second-order valence-electron chi connectivity index (χ2n) is 15.5. The maximum absolute atomic E-state index is 13.2. The smallest absolute Gasteiger partial charge is 0.303 e. The Labute approximate surface area is 307 Å². The number of fused-ring (bicyclic) bond motifs is 3. The minimum absolute atomic E-state index is 0.0388. The molecule has 12 heteroatoms. The quantitative estimate of drug-likeness (QED) is 0.165. The maximum atomic E-state index is 13.2. The number of hydrogen-bond donors (Lipinski definition) is 1. The first kappa shape index (κ1) is 41.3. The van der Waals surface area contributed by atoms with E-state index < -0.39 is 87.9 Å². The second-order valence-corrected chi connectivity index (χ2v) is 15.5. The van der Waals surface area contributed by atoms with Crippen molar-refractivity contribution in [3.63, 3.8) is 0 Å². The SMILES string of the molecule is COC[C@H]1[C@]2(C)CC[C@@H]3[C@](C)([C@H](OC(C)=O)C=C(C)[C@@]3(O)CCc3ccccc3OC)[C@H]2[C@H](OC(C)=O)[C@H](OC(C)=O)[C@]1(COC)C(C)OC(C)=O. The number of ether oxygens (including phenoxy) is 7. The van der Waals surface area contributed by atoms with Crippen molar-refractivity contribution < 1.29 is 57.4 Å². The van der Waals surface area contributed by atoms with Crippen molar-refractivity contribution in [2.24, 2.45) is 34.0 Å². The predicted octanol–water partition coefficient (Wildman–Crippen LogP) is 5.01. The molecule has 0 heterocycles. The van der Waals surface area contributed by atoms with E-state index in [0.717, 1.165) is 5.56 Å². The Balaban J connectivity index is 2.05. The predicted molar refractivity (Wildman–Crippen MR) is 190 cm³/mol. The highest BCUT2D eigenvalue weighted by Crippen LogP contribution is 2.71. The lowest BCUT2D eigenvalue weighted by atomic mass is 9.35. The molecule has 290 valence electrons. The molecule has 2 saturated carbocycles. The average Bonchev–Trinajstić information content (AvgIpc) is 3.05. The number of aliphatic hydroxyl groups is 1. The number of rotatable bonds is 13. The summed E-state index contributed by atoms with van der Waals surface area (Å²) < 4.78 is 42.1. The minimum Gasteiger partial charge on any atom is -0.496 e. The molecule has 4 rings (SSSR count). The molecule has 52 heavy (non-hydrogen) atoms. The summed E-state index contributed by atoms with van der Waals surface area (Å²) in [5.41, 5.74) is -2.96. The molecule has 0 bridgehead atoms. The van der Waals surface area contributed by atoms with Crippen LogP contribution in [0, 0.1) is 34.0 Å². The number of hydrogen-bond acceptors (Lipinski definition) is 12. The van der Waals surface area contributed by atoms with Crippen molar-refractivity contribution in [2.45, 2.75) is 111 Å². The van der Waals surface area contributed by atoms with Crippen LogP contribution in [0.25, 0.3) is 0 Å². The number of carbonyl (C=O) groups excluding carboxylic acids is 4. The Hall–Kier alpha value is -3.48. The van der Waals surface area contributed by atoms with Crippen LogP contribution in [0.4, 0.5) is 0 Å². The van der Waals surface area contributed by atoms with Crippen LogP contribution in [0.3, 0.4) is 0 Å². The zero-order chi connectivity index (χ0) is 38.8. The molecular formula is C40H58O12. The van der Waals surface area contributed by atoms with Gasteiger partial charge in [0.2, 0.25) is 0 Å². The fraction of sp³-hybridized carbons (Fsp3) is 0.700. The fourth-order valence-corrected chi connectivity index (χ4v) is 10.8. The van der Waals surface area contributed by atoms with Gasteiger partial charge < -0.3 is 38.3 Å². The summed E-state index contributed by atoms with van der Waals surface area (Å²) in [5, 5.41) is 13.0. The van der Waals surface area contributed by atoms with Crippen LogP contribution >= 0.6 is 0 Å². The van der Waals surface area contributed by atoms with E-state index in [2.05, 4.69) is 6.92 Å². The zero-order valence-electron chi connectivity index (χ0n) is 32.6. The Morgan fingerprint density at radius 3 is 2.10 bits per heavy atom. The third-order valence-corrected chi connectivity index (χ3v) is 12.7. The van der Waals surface area contributed by atoms with Crippen molar-refractivity contribution in [3.8, 4) is 5.75 Å². The molecular weight excluding hydrogens is 672 g/mol. The monoisotopic (exact) mass is 730 g/mol. The molecule has 0 radical (unpaired) electrons. The number of para-hydroxylation sites is 1. The van der Waals surface area contributed by atoms with E-state index in [-0.39, 0.29) is 13.2 Å². The average molecular weight is 731 g/mol. The lowest BCUT2D eigenvalue weighted by molar-refractivity contribution is -0.316. The lowest BCUT2D eigenvalue weighted by Gasteiger charge is -2.71. The normalized spacial score (nSPS) is 35.9. The lowest BCUT2D eigenvalue weighted by Crippen LogP contribution is -2.77. The van der Waals surface area contributed by atoms with E-state index >= 15 is 0 Å². The fourth-order valence-electron chi connectivity index (χ4n) is 10.8. The van der Waals surface area contributed by atoms with Gasteiger partial charge in [0.25, 0.3) is 0 Å². The van der Waals surface area contributed by atoms with Gasteiger partial charge >= 0.3 is 23.9 Å². The molecule has 1 N–H and O–H groups in total.